The molecule has 1 aromatic heterocycles. The summed E-state index contributed by atoms with van der Waals surface area (Å²) in [5.74, 6) is 0.773. The van der Waals surface area contributed by atoms with Crippen molar-refractivity contribution in [3.05, 3.63) is 23.4 Å². The number of aromatic nitrogens is 1. The predicted octanol–water partition coefficient (Wildman–Crippen LogP) is 1.70. The molecule has 0 amide bonds. The first-order valence-corrected chi connectivity index (χ1v) is 3.84. The normalized spacial score (nSPS) is 9.08. The van der Waals surface area contributed by atoms with Crippen LogP contribution in [0.15, 0.2) is 12.3 Å². The zero-order valence-electron chi connectivity index (χ0n) is 6.54. The fourth-order valence-electron chi connectivity index (χ4n) is 0.838. The molecule has 12 heavy (non-hydrogen) atoms. The van der Waals surface area contributed by atoms with Crippen molar-refractivity contribution >= 4 is 11.6 Å². The van der Waals surface area contributed by atoms with Crippen LogP contribution in [0.3, 0.4) is 0 Å². The summed E-state index contributed by atoms with van der Waals surface area (Å²) < 4.78 is 4.93. The van der Waals surface area contributed by atoms with Crippen molar-refractivity contribution in [3.8, 4) is 11.9 Å². The Balaban J connectivity index is 3.13. The van der Waals surface area contributed by atoms with Crippen molar-refractivity contribution < 1.29 is 4.74 Å². The van der Waals surface area contributed by atoms with Gasteiger partial charge in [0.25, 0.3) is 0 Å². The van der Waals surface area contributed by atoms with Crippen molar-refractivity contribution in [1.82, 2.24) is 4.98 Å². The summed E-state index contributed by atoms with van der Waals surface area (Å²) in [6.45, 7) is 0. The molecule has 0 aliphatic carbocycles. The summed E-state index contributed by atoms with van der Waals surface area (Å²) in [5, 5.41) is 8.55. The first kappa shape index (κ1) is 8.82. The molecule has 0 N–H and O–H groups in total. The van der Waals surface area contributed by atoms with Crippen LogP contribution in [0.1, 0.15) is 11.1 Å². The lowest BCUT2D eigenvalue weighted by molar-refractivity contribution is 0.394. The molecule has 0 fully saturated rings. The molecule has 3 nitrogen and oxygen atoms in total. The molecule has 0 aliphatic rings. The first-order valence-electron chi connectivity index (χ1n) is 3.30. The van der Waals surface area contributed by atoms with E-state index < -0.39 is 0 Å². The highest BCUT2D eigenvalue weighted by Crippen LogP contribution is 2.17. The van der Waals surface area contributed by atoms with Gasteiger partial charge in [-0.05, 0) is 6.07 Å². The van der Waals surface area contributed by atoms with E-state index in [9.17, 15) is 0 Å². The van der Waals surface area contributed by atoms with E-state index in [1.54, 1.807) is 6.07 Å². The van der Waals surface area contributed by atoms with Gasteiger partial charge in [-0.3, -0.25) is 0 Å². The fourth-order valence-corrected chi connectivity index (χ4v) is 1.03. The highest BCUT2D eigenvalue weighted by molar-refractivity contribution is 6.17. The molecular weight excluding hydrogens is 176 g/mol. The lowest BCUT2D eigenvalue weighted by atomic mass is 10.2. The summed E-state index contributed by atoms with van der Waals surface area (Å²) in [6.07, 6.45) is 1.45. The first-order chi connectivity index (χ1) is 5.81. The van der Waals surface area contributed by atoms with E-state index in [-0.39, 0.29) is 0 Å². The predicted molar refractivity (Wildman–Crippen MR) is 45.1 cm³/mol. The Hall–Kier alpha value is -1.27. The van der Waals surface area contributed by atoms with Crippen LogP contribution in [0.25, 0.3) is 0 Å². The van der Waals surface area contributed by atoms with Gasteiger partial charge < -0.3 is 4.74 Å². The fraction of sp³-hybridized carbons (Fsp3) is 0.250. The number of pyridine rings is 1. The summed E-state index contributed by atoms with van der Waals surface area (Å²) >= 11 is 5.61. The minimum absolute atomic E-state index is 0.297. The van der Waals surface area contributed by atoms with Crippen LogP contribution >= 0.6 is 11.6 Å². The summed E-state index contributed by atoms with van der Waals surface area (Å²) in [7, 11) is 1.52. The van der Waals surface area contributed by atoms with Crippen LogP contribution in [0.2, 0.25) is 0 Å². The van der Waals surface area contributed by atoms with Crippen molar-refractivity contribution in [1.29, 1.82) is 5.26 Å². The number of rotatable bonds is 2. The van der Waals surface area contributed by atoms with E-state index in [1.807, 2.05) is 6.07 Å². The van der Waals surface area contributed by atoms with E-state index in [4.69, 9.17) is 21.6 Å². The van der Waals surface area contributed by atoms with Crippen molar-refractivity contribution in [2.75, 3.05) is 7.11 Å². The second kappa shape index (κ2) is 3.93. The number of halogens is 1. The average Bonchev–Trinajstić information content (AvgIpc) is 2.16. The summed E-state index contributed by atoms with van der Waals surface area (Å²) in [6, 6.07) is 3.64. The molecule has 4 heteroatoms. The quantitative estimate of drug-likeness (QED) is 0.654. The van der Waals surface area contributed by atoms with E-state index in [1.165, 1.54) is 13.3 Å². The third-order valence-electron chi connectivity index (χ3n) is 1.39. The van der Waals surface area contributed by atoms with Gasteiger partial charge in [0.15, 0.2) is 0 Å². The molecule has 0 radical (unpaired) electrons. The van der Waals surface area contributed by atoms with Crippen LogP contribution in [-0.4, -0.2) is 12.1 Å². The molecule has 0 saturated carbocycles. The number of alkyl halides is 1. The maximum atomic E-state index is 8.55. The minimum atomic E-state index is 0.297. The van der Waals surface area contributed by atoms with Crippen LogP contribution in [-0.2, 0) is 5.88 Å². The molecular formula is C8H7ClN2O. The van der Waals surface area contributed by atoms with E-state index in [2.05, 4.69) is 4.98 Å². The smallest absolute Gasteiger partial charge is 0.217 e. The lowest BCUT2D eigenvalue weighted by Crippen LogP contribution is -1.93. The van der Waals surface area contributed by atoms with Gasteiger partial charge in [-0.1, -0.05) is 0 Å². The molecule has 0 saturated heterocycles. The van der Waals surface area contributed by atoms with Gasteiger partial charge in [-0.25, -0.2) is 4.98 Å². The van der Waals surface area contributed by atoms with Crippen LogP contribution in [0.5, 0.6) is 5.88 Å². The maximum absolute atomic E-state index is 8.55. The van der Waals surface area contributed by atoms with Gasteiger partial charge in [0.1, 0.15) is 6.07 Å². The number of methoxy groups -OCH3 is 1. The van der Waals surface area contributed by atoms with Gasteiger partial charge in [-0.2, -0.15) is 5.26 Å². The molecule has 1 aromatic rings. The number of hydrogen-bond acceptors (Lipinski definition) is 3. The third kappa shape index (κ3) is 1.66. The molecule has 0 aromatic carbocycles. The Kier molecular flexibility index (Phi) is 2.89. The molecule has 0 aliphatic heterocycles. The van der Waals surface area contributed by atoms with Gasteiger partial charge in [0.05, 0.1) is 18.6 Å². The second-order valence-electron chi connectivity index (χ2n) is 2.14. The van der Waals surface area contributed by atoms with E-state index in [0.717, 1.165) is 5.56 Å². The lowest BCUT2D eigenvalue weighted by Gasteiger charge is -2.03. The Morgan fingerprint density at radius 2 is 2.50 bits per heavy atom. The summed E-state index contributed by atoms with van der Waals surface area (Å²) in [5.41, 5.74) is 1.23. The van der Waals surface area contributed by atoms with Crippen LogP contribution < -0.4 is 4.74 Å². The maximum Gasteiger partial charge on any atom is 0.217 e. The molecule has 1 rings (SSSR count). The molecule has 0 bridgehead atoms. The Labute approximate surface area is 75.6 Å². The Morgan fingerprint density at radius 3 is 3.00 bits per heavy atom. The molecule has 62 valence electrons. The highest BCUT2D eigenvalue weighted by atomic mass is 35.5. The number of nitriles is 1. The minimum Gasteiger partial charge on any atom is -0.481 e. The van der Waals surface area contributed by atoms with Gasteiger partial charge in [-0.15, -0.1) is 11.6 Å². The van der Waals surface area contributed by atoms with Gasteiger partial charge >= 0.3 is 0 Å². The molecule has 0 unspecified atom stereocenters. The topological polar surface area (TPSA) is 45.9 Å². The Morgan fingerprint density at radius 1 is 1.75 bits per heavy atom. The Bertz CT molecular complexity index is 319. The van der Waals surface area contributed by atoms with Crippen LogP contribution in [0, 0.1) is 11.3 Å². The number of nitrogens with zero attached hydrogens (tertiary/aromatic N) is 2. The zero-order valence-corrected chi connectivity index (χ0v) is 7.30. The number of hydrogen-bond donors (Lipinski definition) is 0. The van der Waals surface area contributed by atoms with E-state index >= 15 is 0 Å². The largest absolute Gasteiger partial charge is 0.481 e. The van der Waals surface area contributed by atoms with Crippen molar-refractivity contribution in [2.45, 2.75) is 5.88 Å². The number of ether oxygens (including phenoxy) is 1. The molecule has 0 spiro atoms. The second-order valence-corrected chi connectivity index (χ2v) is 2.41. The standard InChI is InChI=1S/C8H7ClN2O/c1-12-8-7(3-9)2-6(4-10)5-11-8/h2,5H,3H2,1H3. The van der Waals surface area contributed by atoms with Gasteiger partial charge in [0.2, 0.25) is 5.88 Å². The molecule has 1 heterocycles. The highest BCUT2D eigenvalue weighted by Gasteiger charge is 2.03. The zero-order chi connectivity index (χ0) is 8.97. The SMILES string of the molecule is COc1ncc(C#N)cc1CCl. The monoisotopic (exact) mass is 182 g/mol. The van der Waals surface area contributed by atoms with Crippen molar-refractivity contribution in [2.24, 2.45) is 0 Å². The molecule has 0 atom stereocenters. The van der Waals surface area contributed by atoms with E-state index in [0.29, 0.717) is 17.3 Å². The van der Waals surface area contributed by atoms with Gasteiger partial charge in [0, 0.05) is 11.8 Å². The van der Waals surface area contributed by atoms with Crippen molar-refractivity contribution in [3.63, 3.8) is 0 Å². The van der Waals surface area contributed by atoms with Crippen LogP contribution in [0.4, 0.5) is 0 Å². The summed E-state index contributed by atoms with van der Waals surface area (Å²) in [4.78, 5) is 3.91. The third-order valence-corrected chi connectivity index (χ3v) is 1.68. The average molecular weight is 183 g/mol.